The number of nitrogens with one attached hydrogen (secondary N) is 1. The topological polar surface area (TPSA) is 111 Å². The van der Waals surface area contributed by atoms with Crippen molar-refractivity contribution >= 4 is 56.3 Å². The van der Waals surface area contributed by atoms with E-state index in [9.17, 15) is 14.9 Å². The molecule has 0 unspecified atom stereocenters. The fraction of sp³-hybridized carbons (Fsp3) is 0. The van der Waals surface area contributed by atoms with E-state index in [1.165, 1.54) is 24.4 Å². The molecular weight excluding hydrogens is 478 g/mol. The molecule has 0 saturated carbocycles. The first kappa shape index (κ1) is 19.9. The fourth-order valence-electron chi connectivity index (χ4n) is 2.72. The molecule has 150 valence electrons. The number of hydrazone groups is 1. The SMILES string of the molecule is O=C(N/N=C/c1ccc(-c2ccc([N+](=O)[O-])cc2Cl)o1)c1cc2cc(Br)ccc2o1. The van der Waals surface area contributed by atoms with Crippen molar-refractivity contribution in [2.24, 2.45) is 5.10 Å². The van der Waals surface area contributed by atoms with Gasteiger partial charge in [0.05, 0.1) is 16.2 Å². The lowest BCUT2D eigenvalue weighted by molar-refractivity contribution is -0.384. The van der Waals surface area contributed by atoms with Crippen molar-refractivity contribution in [2.45, 2.75) is 0 Å². The minimum Gasteiger partial charge on any atom is -0.455 e. The lowest BCUT2D eigenvalue weighted by Crippen LogP contribution is -2.16. The van der Waals surface area contributed by atoms with Gasteiger partial charge in [-0.3, -0.25) is 14.9 Å². The Balaban J connectivity index is 1.45. The van der Waals surface area contributed by atoms with Crippen molar-refractivity contribution in [1.82, 2.24) is 5.43 Å². The number of amides is 1. The maximum absolute atomic E-state index is 12.2. The molecule has 0 aliphatic heterocycles. The van der Waals surface area contributed by atoms with Gasteiger partial charge in [0.1, 0.15) is 17.1 Å². The van der Waals surface area contributed by atoms with E-state index >= 15 is 0 Å². The Hall–Kier alpha value is -3.43. The molecule has 0 spiro atoms. The molecule has 0 atom stereocenters. The molecule has 4 rings (SSSR count). The number of carbonyl (C=O) groups excluding carboxylic acids is 1. The third-order valence-corrected chi connectivity index (χ3v) is 4.92. The summed E-state index contributed by atoms with van der Waals surface area (Å²) in [5, 5.41) is 15.6. The summed E-state index contributed by atoms with van der Waals surface area (Å²) in [5.41, 5.74) is 3.34. The molecule has 8 nitrogen and oxygen atoms in total. The van der Waals surface area contributed by atoms with E-state index in [1.807, 2.05) is 12.1 Å². The number of non-ortho nitro benzene ring substituents is 1. The largest absolute Gasteiger partial charge is 0.455 e. The molecule has 0 fully saturated rings. The van der Waals surface area contributed by atoms with Crippen molar-refractivity contribution in [3.8, 4) is 11.3 Å². The average molecular weight is 489 g/mol. The first-order valence-corrected chi connectivity index (χ1v) is 9.64. The average Bonchev–Trinajstić information content (AvgIpc) is 3.34. The number of hydrogen-bond donors (Lipinski definition) is 1. The van der Waals surface area contributed by atoms with E-state index in [0.29, 0.717) is 22.7 Å². The van der Waals surface area contributed by atoms with Crippen LogP contribution in [0.2, 0.25) is 5.02 Å². The van der Waals surface area contributed by atoms with Crippen molar-refractivity contribution in [3.63, 3.8) is 0 Å². The molecule has 0 saturated heterocycles. The van der Waals surface area contributed by atoms with Crippen LogP contribution < -0.4 is 5.43 Å². The molecule has 0 aliphatic rings. The number of rotatable bonds is 5. The Morgan fingerprint density at radius 1 is 1.13 bits per heavy atom. The van der Waals surface area contributed by atoms with Gasteiger partial charge in [-0.25, -0.2) is 5.43 Å². The van der Waals surface area contributed by atoms with Gasteiger partial charge in [-0.1, -0.05) is 27.5 Å². The highest BCUT2D eigenvalue weighted by Crippen LogP contribution is 2.32. The Kier molecular flexibility index (Phi) is 5.39. The van der Waals surface area contributed by atoms with E-state index in [2.05, 4.69) is 26.5 Å². The number of nitro benzene ring substituents is 1. The summed E-state index contributed by atoms with van der Waals surface area (Å²) in [4.78, 5) is 22.5. The van der Waals surface area contributed by atoms with Crippen LogP contribution in [0.15, 0.2) is 73.0 Å². The van der Waals surface area contributed by atoms with Gasteiger partial charge in [0.25, 0.3) is 5.69 Å². The number of fused-ring (bicyclic) bond motifs is 1. The van der Waals surface area contributed by atoms with Crippen LogP contribution in [-0.4, -0.2) is 17.0 Å². The van der Waals surface area contributed by atoms with Crippen LogP contribution in [0.3, 0.4) is 0 Å². The summed E-state index contributed by atoms with van der Waals surface area (Å²) in [6.45, 7) is 0. The zero-order valence-electron chi connectivity index (χ0n) is 15.0. The smallest absolute Gasteiger partial charge is 0.307 e. The number of benzene rings is 2. The molecule has 0 aliphatic carbocycles. The van der Waals surface area contributed by atoms with E-state index in [-0.39, 0.29) is 16.5 Å². The molecule has 1 amide bonds. The maximum Gasteiger partial charge on any atom is 0.307 e. The number of nitro groups is 1. The molecule has 2 aromatic heterocycles. The van der Waals surface area contributed by atoms with Crippen LogP contribution in [0.1, 0.15) is 16.3 Å². The zero-order chi connectivity index (χ0) is 21.3. The summed E-state index contributed by atoms with van der Waals surface area (Å²) in [5.74, 6) is 0.376. The van der Waals surface area contributed by atoms with Gasteiger partial charge in [0.2, 0.25) is 0 Å². The highest BCUT2D eigenvalue weighted by Gasteiger charge is 2.14. The van der Waals surface area contributed by atoms with E-state index in [4.69, 9.17) is 20.4 Å². The quantitative estimate of drug-likeness (QED) is 0.217. The summed E-state index contributed by atoms with van der Waals surface area (Å²) >= 11 is 9.47. The number of nitrogens with zero attached hydrogens (tertiary/aromatic N) is 2. The highest BCUT2D eigenvalue weighted by atomic mass is 79.9. The zero-order valence-corrected chi connectivity index (χ0v) is 17.3. The molecule has 30 heavy (non-hydrogen) atoms. The molecule has 10 heteroatoms. The minimum absolute atomic E-state index is 0.113. The first-order chi connectivity index (χ1) is 14.4. The van der Waals surface area contributed by atoms with Gasteiger partial charge in [-0.2, -0.15) is 5.10 Å². The lowest BCUT2D eigenvalue weighted by Gasteiger charge is -2.00. The van der Waals surface area contributed by atoms with E-state index in [0.717, 1.165) is 9.86 Å². The Labute approximate surface area is 182 Å². The predicted octanol–water partition coefficient (Wildman–Crippen LogP) is 5.78. The van der Waals surface area contributed by atoms with Crippen LogP contribution in [-0.2, 0) is 0 Å². The molecule has 1 N–H and O–H groups in total. The summed E-state index contributed by atoms with van der Waals surface area (Å²) < 4.78 is 12.0. The molecule has 2 aromatic carbocycles. The second kappa shape index (κ2) is 8.13. The molecule has 0 radical (unpaired) electrons. The predicted molar refractivity (Wildman–Crippen MR) is 115 cm³/mol. The molecule has 4 aromatic rings. The van der Waals surface area contributed by atoms with Gasteiger partial charge >= 0.3 is 5.91 Å². The highest BCUT2D eigenvalue weighted by molar-refractivity contribution is 9.10. The number of carbonyl (C=O) groups is 1. The van der Waals surface area contributed by atoms with Crippen LogP contribution >= 0.6 is 27.5 Å². The Morgan fingerprint density at radius 3 is 2.73 bits per heavy atom. The monoisotopic (exact) mass is 487 g/mol. The molecule has 2 heterocycles. The number of hydrogen-bond acceptors (Lipinski definition) is 6. The van der Waals surface area contributed by atoms with Gasteiger partial charge in [0, 0.05) is 27.6 Å². The van der Waals surface area contributed by atoms with Crippen LogP contribution in [0.25, 0.3) is 22.3 Å². The molecule has 0 bridgehead atoms. The van der Waals surface area contributed by atoms with Crippen molar-refractivity contribution in [1.29, 1.82) is 0 Å². The van der Waals surface area contributed by atoms with Gasteiger partial charge in [-0.15, -0.1) is 0 Å². The maximum atomic E-state index is 12.2. The standard InChI is InChI=1S/C20H11BrClN3O5/c21-12-1-5-17-11(7-12)8-19(30-17)20(26)24-23-10-14-3-6-18(29-14)15-4-2-13(25(27)28)9-16(15)22/h1-10H,(H,24,26)/b23-10+. The van der Waals surface area contributed by atoms with E-state index < -0.39 is 10.8 Å². The van der Waals surface area contributed by atoms with E-state index in [1.54, 1.807) is 24.3 Å². The van der Waals surface area contributed by atoms with Crippen LogP contribution in [0.4, 0.5) is 5.69 Å². The summed E-state index contributed by atoms with van der Waals surface area (Å²) in [6.07, 6.45) is 1.32. The lowest BCUT2D eigenvalue weighted by atomic mass is 10.1. The van der Waals surface area contributed by atoms with Crippen LogP contribution in [0.5, 0.6) is 0 Å². The van der Waals surface area contributed by atoms with Gasteiger partial charge in [-0.05, 0) is 42.5 Å². The van der Waals surface area contributed by atoms with Crippen molar-refractivity contribution < 1.29 is 18.6 Å². The Morgan fingerprint density at radius 2 is 1.97 bits per heavy atom. The van der Waals surface area contributed by atoms with Crippen molar-refractivity contribution in [3.05, 3.63) is 85.7 Å². The fourth-order valence-corrected chi connectivity index (χ4v) is 3.37. The number of halogens is 2. The summed E-state index contributed by atoms with van der Waals surface area (Å²) in [6, 6.07) is 14.4. The number of furan rings is 2. The third-order valence-electron chi connectivity index (χ3n) is 4.12. The summed E-state index contributed by atoms with van der Waals surface area (Å²) in [7, 11) is 0. The molecular formula is C20H11BrClN3O5. The first-order valence-electron chi connectivity index (χ1n) is 8.47. The van der Waals surface area contributed by atoms with Gasteiger partial charge < -0.3 is 8.83 Å². The minimum atomic E-state index is -0.528. The second-order valence-electron chi connectivity index (χ2n) is 6.12. The second-order valence-corrected chi connectivity index (χ2v) is 7.44. The van der Waals surface area contributed by atoms with Gasteiger partial charge in [0.15, 0.2) is 5.76 Å². The third kappa shape index (κ3) is 4.12. The van der Waals surface area contributed by atoms with Crippen LogP contribution in [0, 0.1) is 10.1 Å². The van der Waals surface area contributed by atoms with Crippen molar-refractivity contribution in [2.75, 3.05) is 0 Å². The Bertz CT molecular complexity index is 1310. The normalized spacial score (nSPS) is 11.3.